The zero-order valence-electron chi connectivity index (χ0n) is 23.5. The quantitative estimate of drug-likeness (QED) is 0.373. The van der Waals surface area contributed by atoms with Gasteiger partial charge in [-0.25, -0.2) is 4.98 Å². The van der Waals surface area contributed by atoms with Crippen LogP contribution in [0.15, 0.2) is 47.8 Å². The number of thiazole rings is 1. The molecule has 3 aliphatic rings. The lowest BCUT2D eigenvalue weighted by Gasteiger charge is -2.30. The fraction of sp³-hybridized carbons (Fsp3) is 0.469. The fourth-order valence-corrected chi connectivity index (χ4v) is 7.34. The molecule has 2 fully saturated rings. The molecule has 0 spiro atoms. The van der Waals surface area contributed by atoms with Gasteiger partial charge < -0.3 is 25.4 Å². The van der Waals surface area contributed by atoms with E-state index >= 15 is 0 Å². The summed E-state index contributed by atoms with van der Waals surface area (Å²) in [6, 6.07) is 12.8. The molecule has 4 unspecified atom stereocenters. The van der Waals surface area contributed by atoms with Gasteiger partial charge in [0.2, 0.25) is 0 Å². The largest absolute Gasteiger partial charge is 0.493 e. The molecule has 3 aromatic rings. The molecule has 4 atom stereocenters. The van der Waals surface area contributed by atoms with E-state index in [1.54, 1.807) is 23.5 Å². The number of benzene rings is 2. The summed E-state index contributed by atoms with van der Waals surface area (Å²) in [6.45, 7) is 4.04. The number of rotatable bonds is 8. The van der Waals surface area contributed by atoms with Gasteiger partial charge in [0, 0.05) is 40.4 Å². The monoisotopic (exact) mass is 574 g/mol. The number of carbonyl (C=O) groups is 2. The summed E-state index contributed by atoms with van der Waals surface area (Å²) in [6.07, 6.45) is 4.93. The number of nitrogens with zero attached hydrogens (tertiary/aromatic N) is 2. The van der Waals surface area contributed by atoms with Crippen molar-refractivity contribution in [3.8, 4) is 5.75 Å². The van der Waals surface area contributed by atoms with E-state index in [1.807, 2.05) is 47.5 Å². The second kappa shape index (κ2) is 12.3. The Morgan fingerprint density at radius 3 is 2.80 bits per heavy atom. The SMILES string of the molecule is Cc1csc(C2CCCN2C(=O)c2cc3c(c(C(=O)NC(Cc4ccccc4)C(O)C4CCCN4)c2)CCCO3)n1. The molecule has 9 heteroatoms. The van der Waals surface area contributed by atoms with Crippen molar-refractivity contribution in [1.82, 2.24) is 20.5 Å². The van der Waals surface area contributed by atoms with Gasteiger partial charge in [-0.15, -0.1) is 11.3 Å². The summed E-state index contributed by atoms with van der Waals surface area (Å²) in [5, 5.41) is 20.9. The average molecular weight is 575 g/mol. The van der Waals surface area contributed by atoms with Gasteiger partial charge in [0.15, 0.2) is 0 Å². The second-order valence-electron chi connectivity index (χ2n) is 11.4. The van der Waals surface area contributed by atoms with Gasteiger partial charge in [0.05, 0.1) is 24.8 Å². The zero-order valence-corrected chi connectivity index (χ0v) is 24.3. The van der Waals surface area contributed by atoms with Crippen LogP contribution in [-0.2, 0) is 12.8 Å². The van der Waals surface area contributed by atoms with Crippen molar-refractivity contribution < 1.29 is 19.4 Å². The molecule has 2 aromatic carbocycles. The smallest absolute Gasteiger partial charge is 0.254 e. The Morgan fingerprint density at radius 2 is 2.05 bits per heavy atom. The van der Waals surface area contributed by atoms with Crippen molar-refractivity contribution in [3.63, 3.8) is 0 Å². The van der Waals surface area contributed by atoms with Crippen LogP contribution in [0.2, 0.25) is 0 Å². The van der Waals surface area contributed by atoms with Gasteiger partial charge in [0.25, 0.3) is 11.8 Å². The lowest BCUT2D eigenvalue weighted by Crippen LogP contribution is -2.52. The summed E-state index contributed by atoms with van der Waals surface area (Å²) in [7, 11) is 0. The first-order chi connectivity index (χ1) is 20.0. The van der Waals surface area contributed by atoms with Crippen LogP contribution in [0.4, 0.5) is 0 Å². The molecule has 3 aliphatic heterocycles. The summed E-state index contributed by atoms with van der Waals surface area (Å²) < 4.78 is 5.99. The zero-order chi connectivity index (χ0) is 28.3. The van der Waals surface area contributed by atoms with Crippen molar-refractivity contribution in [2.24, 2.45) is 0 Å². The second-order valence-corrected chi connectivity index (χ2v) is 12.3. The summed E-state index contributed by atoms with van der Waals surface area (Å²) in [5.74, 6) is 0.209. The molecule has 0 radical (unpaired) electrons. The average Bonchev–Trinajstić information content (AvgIpc) is 3.78. The molecular weight excluding hydrogens is 536 g/mol. The highest BCUT2D eigenvalue weighted by Crippen LogP contribution is 2.37. The normalized spacial score (nSPS) is 21.7. The highest BCUT2D eigenvalue weighted by Gasteiger charge is 2.35. The maximum absolute atomic E-state index is 14.0. The Kier molecular flexibility index (Phi) is 8.37. The van der Waals surface area contributed by atoms with E-state index in [1.165, 1.54) is 0 Å². The van der Waals surface area contributed by atoms with Crippen LogP contribution in [0.3, 0.4) is 0 Å². The Bertz CT molecular complexity index is 1390. The number of carbonyl (C=O) groups excluding carboxylic acids is 2. The van der Waals surface area contributed by atoms with Crippen molar-refractivity contribution >= 4 is 23.2 Å². The Balaban J connectivity index is 1.29. The minimum absolute atomic E-state index is 0.0558. The van der Waals surface area contributed by atoms with Crippen LogP contribution in [0.1, 0.15) is 80.7 Å². The lowest BCUT2D eigenvalue weighted by atomic mass is 9.93. The molecule has 8 nitrogen and oxygen atoms in total. The molecule has 1 aromatic heterocycles. The van der Waals surface area contributed by atoms with E-state index in [2.05, 4.69) is 15.6 Å². The van der Waals surface area contributed by atoms with Gasteiger partial charge in [-0.1, -0.05) is 30.3 Å². The van der Waals surface area contributed by atoms with E-state index in [9.17, 15) is 14.7 Å². The number of nitrogens with one attached hydrogen (secondary N) is 2. The number of aliphatic hydroxyl groups is 1. The molecule has 216 valence electrons. The van der Waals surface area contributed by atoms with E-state index in [0.717, 1.165) is 60.5 Å². The minimum Gasteiger partial charge on any atom is -0.493 e. The topological polar surface area (TPSA) is 104 Å². The fourth-order valence-electron chi connectivity index (χ4n) is 6.40. The number of fused-ring (bicyclic) bond motifs is 1. The lowest BCUT2D eigenvalue weighted by molar-refractivity contribution is 0.0731. The van der Waals surface area contributed by atoms with Crippen molar-refractivity contribution in [2.75, 3.05) is 19.7 Å². The minimum atomic E-state index is -0.745. The van der Waals surface area contributed by atoms with E-state index < -0.39 is 12.1 Å². The Labute approximate surface area is 245 Å². The number of likely N-dealkylation sites (tertiary alicyclic amines) is 1. The first kappa shape index (κ1) is 27.9. The van der Waals surface area contributed by atoms with E-state index in [4.69, 9.17) is 4.74 Å². The maximum Gasteiger partial charge on any atom is 0.254 e. The standard InChI is InChI=1S/C32H38N4O4S/c1-20-19-41-31(34-20)27-12-6-14-36(27)32(39)22-17-24(23-10-7-15-40-28(23)18-22)30(38)35-26(16-21-8-3-2-4-9-21)29(37)25-11-5-13-33-25/h2-4,8-9,17-19,25-27,29,33,37H,5-7,10-16H2,1H3,(H,35,38). The number of hydrogen-bond acceptors (Lipinski definition) is 7. The number of ether oxygens (including phenoxy) is 1. The van der Waals surface area contributed by atoms with Crippen LogP contribution in [0.25, 0.3) is 0 Å². The van der Waals surface area contributed by atoms with Gasteiger partial charge in [0.1, 0.15) is 10.8 Å². The molecule has 0 bridgehead atoms. The first-order valence-electron chi connectivity index (χ1n) is 14.8. The summed E-state index contributed by atoms with van der Waals surface area (Å²) >= 11 is 1.59. The van der Waals surface area contributed by atoms with Crippen molar-refractivity contribution in [3.05, 3.63) is 80.8 Å². The van der Waals surface area contributed by atoms with Crippen LogP contribution in [-0.4, -0.2) is 64.7 Å². The highest BCUT2D eigenvalue weighted by atomic mass is 32.1. The Hall–Kier alpha value is -3.27. The molecule has 6 rings (SSSR count). The van der Waals surface area contributed by atoms with Crippen LogP contribution >= 0.6 is 11.3 Å². The predicted molar refractivity (Wildman–Crippen MR) is 159 cm³/mol. The predicted octanol–water partition coefficient (Wildman–Crippen LogP) is 4.21. The summed E-state index contributed by atoms with van der Waals surface area (Å²) in [5.41, 5.74) is 3.74. The number of hydrogen-bond donors (Lipinski definition) is 3. The van der Waals surface area contributed by atoms with Crippen molar-refractivity contribution in [2.45, 2.75) is 76.1 Å². The molecule has 0 saturated carbocycles. The van der Waals surface area contributed by atoms with Gasteiger partial charge in [-0.05, 0) is 76.1 Å². The number of aliphatic hydroxyl groups excluding tert-OH is 1. The highest BCUT2D eigenvalue weighted by molar-refractivity contribution is 7.09. The van der Waals surface area contributed by atoms with Crippen LogP contribution in [0.5, 0.6) is 5.75 Å². The summed E-state index contributed by atoms with van der Waals surface area (Å²) in [4.78, 5) is 34.4. The third kappa shape index (κ3) is 6.03. The van der Waals surface area contributed by atoms with Gasteiger partial charge >= 0.3 is 0 Å². The molecule has 2 amide bonds. The van der Waals surface area contributed by atoms with E-state index in [-0.39, 0.29) is 23.9 Å². The third-order valence-electron chi connectivity index (χ3n) is 8.50. The molecule has 3 N–H and O–H groups in total. The number of aryl methyl sites for hydroxylation is 1. The molecule has 2 saturated heterocycles. The molecular formula is C32H38N4O4S. The van der Waals surface area contributed by atoms with Crippen LogP contribution < -0.4 is 15.4 Å². The third-order valence-corrected chi connectivity index (χ3v) is 9.57. The number of aromatic nitrogens is 1. The molecule has 41 heavy (non-hydrogen) atoms. The van der Waals surface area contributed by atoms with Gasteiger partial charge in [-0.2, -0.15) is 0 Å². The molecule has 4 heterocycles. The molecule has 0 aliphatic carbocycles. The van der Waals surface area contributed by atoms with Gasteiger partial charge in [-0.3, -0.25) is 9.59 Å². The Morgan fingerprint density at radius 1 is 1.20 bits per heavy atom. The van der Waals surface area contributed by atoms with Crippen LogP contribution in [0, 0.1) is 6.92 Å². The first-order valence-corrected chi connectivity index (χ1v) is 15.6. The van der Waals surface area contributed by atoms with E-state index in [0.29, 0.717) is 42.9 Å². The van der Waals surface area contributed by atoms with Crippen molar-refractivity contribution in [1.29, 1.82) is 0 Å². The number of amides is 2. The maximum atomic E-state index is 14.0.